The minimum Gasteiger partial charge on any atom is -0.350 e. The third-order valence-corrected chi connectivity index (χ3v) is 5.36. The van der Waals surface area contributed by atoms with E-state index in [2.05, 4.69) is 17.2 Å². The number of aryl methyl sites for hydroxylation is 2. The number of fused-ring (bicyclic) bond motifs is 1. The Labute approximate surface area is 165 Å². The number of amides is 1. The van der Waals surface area contributed by atoms with Gasteiger partial charge < -0.3 is 9.88 Å². The molecule has 28 heavy (non-hydrogen) atoms. The lowest BCUT2D eigenvalue weighted by Crippen LogP contribution is -2.29. The number of carbonyl (C=O) groups is 1. The quantitative estimate of drug-likeness (QED) is 0.741. The summed E-state index contributed by atoms with van der Waals surface area (Å²) < 4.78 is 1.97. The van der Waals surface area contributed by atoms with Gasteiger partial charge in [-0.2, -0.15) is 0 Å². The Morgan fingerprint density at radius 3 is 2.93 bits per heavy atom. The van der Waals surface area contributed by atoms with Crippen molar-refractivity contribution in [1.82, 2.24) is 24.8 Å². The fourth-order valence-corrected chi connectivity index (χ4v) is 3.69. The van der Waals surface area contributed by atoms with Crippen molar-refractivity contribution in [2.45, 2.75) is 45.6 Å². The molecule has 1 amide bonds. The number of hydrogen-bond donors (Lipinski definition) is 1. The van der Waals surface area contributed by atoms with Gasteiger partial charge in [0, 0.05) is 47.5 Å². The van der Waals surface area contributed by atoms with Gasteiger partial charge in [0.1, 0.15) is 0 Å². The Hall–Kier alpha value is -3.02. The smallest absolute Gasteiger partial charge is 0.251 e. The zero-order chi connectivity index (χ0) is 19.5. The molecule has 144 valence electrons. The molecule has 1 atom stereocenters. The molecule has 1 aromatic carbocycles. The highest BCUT2D eigenvalue weighted by Gasteiger charge is 2.17. The van der Waals surface area contributed by atoms with Crippen molar-refractivity contribution in [1.29, 1.82) is 0 Å². The summed E-state index contributed by atoms with van der Waals surface area (Å²) in [4.78, 5) is 26.2. The van der Waals surface area contributed by atoms with Crippen LogP contribution < -0.4 is 5.32 Å². The van der Waals surface area contributed by atoms with Crippen LogP contribution in [0.15, 0.2) is 43.0 Å². The van der Waals surface area contributed by atoms with Gasteiger partial charge in [-0.05, 0) is 57.2 Å². The van der Waals surface area contributed by atoms with Gasteiger partial charge in [0.25, 0.3) is 5.91 Å². The summed E-state index contributed by atoms with van der Waals surface area (Å²) in [5.41, 5.74) is 5.03. The first-order valence-corrected chi connectivity index (χ1v) is 9.84. The van der Waals surface area contributed by atoms with E-state index in [1.807, 2.05) is 42.0 Å². The number of aromatic nitrogens is 4. The van der Waals surface area contributed by atoms with Gasteiger partial charge in [0.2, 0.25) is 0 Å². The molecule has 6 nitrogen and oxygen atoms in total. The standard InChI is InChI=1S/C22H25N5O/c1-15(27-11-10-23-14-27)13-24-22(28)18-7-5-6-17(12-18)21-25-16(2)19-8-3-4-9-20(19)26-21/h5-7,10-12,14-15H,3-4,8-9,13H2,1-2H3,(H,24,28). The molecule has 1 aliphatic rings. The molecule has 0 radical (unpaired) electrons. The maximum absolute atomic E-state index is 12.6. The lowest BCUT2D eigenvalue weighted by molar-refractivity contribution is 0.0948. The highest BCUT2D eigenvalue weighted by molar-refractivity contribution is 5.95. The molecule has 1 aliphatic carbocycles. The second kappa shape index (κ2) is 7.92. The van der Waals surface area contributed by atoms with Crippen molar-refractivity contribution >= 4 is 5.91 Å². The van der Waals surface area contributed by atoms with Gasteiger partial charge in [-0.15, -0.1) is 0 Å². The molecule has 1 unspecified atom stereocenters. The van der Waals surface area contributed by atoms with Crippen molar-refractivity contribution in [2.24, 2.45) is 0 Å². The van der Waals surface area contributed by atoms with Crippen LogP contribution in [0, 0.1) is 6.92 Å². The fraction of sp³-hybridized carbons (Fsp3) is 0.364. The monoisotopic (exact) mass is 375 g/mol. The van der Waals surface area contributed by atoms with Gasteiger partial charge in [-0.3, -0.25) is 4.79 Å². The molecular formula is C22H25N5O. The van der Waals surface area contributed by atoms with Crippen LogP contribution in [0.3, 0.4) is 0 Å². The first-order chi connectivity index (χ1) is 13.6. The van der Waals surface area contributed by atoms with Crippen molar-refractivity contribution in [3.05, 3.63) is 65.5 Å². The van der Waals surface area contributed by atoms with E-state index in [0.717, 1.165) is 29.8 Å². The van der Waals surface area contributed by atoms with E-state index >= 15 is 0 Å². The van der Waals surface area contributed by atoms with Gasteiger partial charge >= 0.3 is 0 Å². The molecule has 0 bridgehead atoms. The minimum absolute atomic E-state index is 0.0940. The van der Waals surface area contributed by atoms with Crippen molar-refractivity contribution < 1.29 is 4.79 Å². The predicted octanol–water partition coefficient (Wildman–Crippen LogP) is 3.52. The minimum atomic E-state index is -0.0940. The predicted molar refractivity (Wildman–Crippen MR) is 108 cm³/mol. The van der Waals surface area contributed by atoms with Crippen LogP contribution in [0.25, 0.3) is 11.4 Å². The number of imidazole rings is 1. The molecule has 2 aromatic heterocycles. The Morgan fingerprint density at radius 1 is 1.25 bits per heavy atom. The number of benzene rings is 1. The van der Waals surface area contributed by atoms with Gasteiger partial charge in [0.15, 0.2) is 5.82 Å². The highest BCUT2D eigenvalue weighted by atomic mass is 16.1. The molecule has 3 aromatic rings. The summed E-state index contributed by atoms with van der Waals surface area (Å²) in [5, 5.41) is 3.00. The summed E-state index contributed by atoms with van der Waals surface area (Å²) in [5.74, 6) is 0.614. The van der Waals surface area contributed by atoms with Gasteiger partial charge in [0.05, 0.1) is 6.33 Å². The Morgan fingerprint density at radius 2 is 2.11 bits per heavy atom. The van der Waals surface area contributed by atoms with Gasteiger partial charge in [-0.25, -0.2) is 15.0 Å². The molecule has 0 fully saturated rings. The van der Waals surface area contributed by atoms with Crippen molar-refractivity contribution in [3.8, 4) is 11.4 Å². The molecule has 1 N–H and O–H groups in total. The van der Waals surface area contributed by atoms with E-state index in [1.165, 1.54) is 18.4 Å². The zero-order valence-corrected chi connectivity index (χ0v) is 16.4. The summed E-state index contributed by atoms with van der Waals surface area (Å²) in [6.45, 7) is 4.64. The second-order valence-electron chi connectivity index (χ2n) is 7.41. The number of hydrogen-bond acceptors (Lipinski definition) is 4. The topological polar surface area (TPSA) is 72.7 Å². The van der Waals surface area contributed by atoms with E-state index in [1.54, 1.807) is 12.5 Å². The van der Waals surface area contributed by atoms with Gasteiger partial charge in [-0.1, -0.05) is 12.1 Å². The third-order valence-electron chi connectivity index (χ3n) is 5.36. The van der Waals surface area contributed by atoms with Crippen LogP contribution in [0.5, 0.6) is 0 Å². The van der Waals surface area contributed by atoms with E-state index in [0.29, 0.717) is 17.9 Å². The largest absolute Gasteiger partial charge is 0.350 e. The Balaban J connectivity index is 1.51. The summed E-state index contributed by atoms with van der Waals surface area (Å²) in [6, 6.07) is 7.70. The molecule has 6 heteroatoms. The van der Waals surface area contributed by atoms with Crippen LogP contribution in [0.1, 0.15) is 53.1 Å². The molecule has 4 rings (SSSR count). The average molecular weight is 375 g/mol. The average Bonchev–Trinajstić information content (AvgIpc) is 3.27. The maximum atomic E-state index is 12.6. The van der Waals surface area contributed by atoms with E-state index in [9.17, 15) is 4.79 Å². The van der Waals surface area contributed by atoms with Crippen LogP contribution in [0.2, 0.25) is 0 Å². The lowest BCUT2D eigenvalue weighted by Gasteiger charge is -2.18. The first-order valence-electron chi connectivity index (χ1n) is 9.84. The van der Waals surface area contributed by atoms with Crippen molar-refractivity contribution in [3.63, 3.8) is 0 Å². The molecule has 0 aliphatic heterocycles. The number of nitrogens with one attached hydrogen (secondary N) is 1. The third kappa shape index (κ3) is 3.81. The molecule has 0 spiro atoms. The van der Waals surface area contributed by atoms with Crippen LogP contribution >= 0.6 is 0 Å². The summed E-state index contributed by atoms with van der Waals surface area (Å²) in [6.07, 6.45) is 9.86. The van der Waals surface area contributed by atoms with Crippen LogP contribution in [-0.4, -0.2) is 32.0 Å². The molecule has 2 heterocycles. The molecular weight excluding hydrogens is 350 g/mol. The SMILES string of the molecule is Cc1nc(-c2cccc(C(=O)NCC(C)n3ccnc3)c2)nc2c1CCCC2. The molecule has 0 saturated carbocycles. The second-order valence-corrected chi connectivity index (χ2v) is 7.41. The number of rotatable bonds is 5. The zero-order valence-electron chi connectivity index (χ0n) is 16.4. The van der Waals surface area contributed by atoms with Crippen LogP contribution in [-0.2, 0) is 12.8 Å². The van der Waals surface area contributed by atoms with E-state index < -0.39 is 0 Å². The van der Waals surface area contributed by atoms with E-state index in [4.69, 9.17) is 9.97 Å². The summed E-state index contributed by atoms with van der Waals surface area (Å²) >= 11 is 0. The normalized spacial score (nSPS) is 14.4. The highest BCUT2D eigenvalue weighted by Crippen LogP contribution is 2.25. The van der Waals surface area contributed by atoms with Crippen LogP contribution in [0.4, 0.5) is 0 Å². The Kier molecular flexibility index (Phi) is 5.19. The number of nitrogens with zero attached hydrogens (tertiary/aromatic N) is 4. The Bertz CT molecular complexity index is 981. The number of carbonyl (C=O) groups excluding carboxylic acids is 1. The van der Waals surface area contributed by atoms with Crippen molar-refractivity contribution in [2.75, 3.05) is 6.54 Å². The molecule has 0 saturated heterocycles. The first kappa shape index (κ1) is 18.3. The van der Waals surface area contributed by atoms with E-state index in [-0.39, 0.29) is 11.9 Å². The fourth-order valence-electron chi connectivity index (χ4n) is 3.69. The lowest BCUT2D eigenvalue weighted by atomic mass is 9.94. The maximum Gasteiger partial charge on any atom is 0.251 e. The summed E-state index contributed by atoms with van der Waals surface area (Å²) in [7, 11) is 0.